The zero-order valence-corrected chi connectivity index (χ0v) is 11.3. The van der Waals surface area contributed by atoms with E-state index < -0.39 is 0 Å². The number of hydrogen-bond acceptors (Lipinski definition) is 4. The van der Waals surface area contributed by atoms with Gasteiger partial charge in [-0.3, -0.25) is 9.59 Å². The Morgan fingerprint density at radius 3 is 3.00 bits per heavy atom. The molecule has 7 heteroatoms. The molecule has 0 aliphatic carbocycles. The lowest BCUT2D eigenvalue weighted by Crippen LogP contribution is -2.36. The van der Waals surface area contributed by atoms with E-state index in [-0.39, 0.29) is 35.0 Å². The van der Waals surface area contributed by atoms with Gasteiger partial charge in [0.25, 0.3) is 5.91 Å². The van der Waals surface area contributed by atoms with Gasteiger partial charge in [-0.25, -0.2) is 4.98 Å². The maximum atomic E-state index is 12.1. The number of carbonyl (C=O) groups excluding carboxylic acids is 2. The molecule has 2 heterocycles. The van der Waals surface area contributed by atoms with Crippen molar-refractivity contribution in [2.24, 2.45) is 0 Å². The Kier molecular flexibility index (Phi) is 4.21. The van der Waals surface area contributed by atoms with E-state index in [9.17, 15) is 9.59 Å². The Morgan fingerprint density at radius 1 is 1.58 bits per heavy atom. The Balaban J connectivity index is 2.09. The summed E-state index contributed by atoms with van der Waals surface area (Å²) >= 11 is 5.97. The first-order valence-electron chi connectivity index (χ1n) is 6.08. The fraction of sp³-hybridized carbons (Fsp3) is 0.417. The molecule has 1 unspecified atom stereocenters. The summed E-state index contributed by atoms with van der Waals surface area (Å²) in [5.41, 5.74) is 0.166. The molecule has 102 valence electrons. The van der Waals surface area contributed by atoms with Gasteiger partial charge < -0.3 is 16.0 Å². The van der Waals surface area contributed by atoms with Gasteiger partial charge in [-0.15, -0.1) is 0 Å². The lowest BCUT2D eigenvalue weighted by Gasteiger charge is -2.12. The zero-order chi connectivity index (χ0) is 13.8. The number of amides is 2. The van der Waals surface area contributed by atoms with Crippen LogP contribution in [0.15, 0.2) is 12.1 Å². The SMILES string of the molecule is CCNc1ccc(Cl)c(C(=O)NC2CNC(=O)C2)n1. The summed E-state index contributed by atoms with van der Waals surface area (Å²) in [5.74, 6) is 0.162. The van der Waals surface area contributed by atoms with E-state index in [1.807, 2.05) is 6.92 Å². The Hall–Kier alpha value is -1.82. The predicted molar refractivity (Wildman–Crippen MR) is 72.3 cm³/mol. The summed E-state index contributed by atoms with van der Waals surface area (Å²) in [5, 5.41) is 8.69. The smallest absolute Gasteiger partial charge is 0.271 e. The van der Waals surface area contributed by atoms with Gasteiger partial charge in [-0.1, -0.05) is 11.6 Å². The molecule has 0 aromatic carbocycles. The van der Waals surface area contributed by atoms with Gasteiger partial charge in [0, 0.05) is 19.5 Å². The van der Waals surface area contributed by atoms with E-state index in [4.69, 9.17) is 11.6 Å². The van der Waals surface area contributed by atoms with Gasteiger partial charge in [0.15, 0.2) is 0 Å². The van der Waals surface area contributed by atoms with E-state index in [1.165, 1.54) is 0 Å². The molecule has 1 saturated heterocycles. The van der Waals surface area contributed by atoms with Crippen LogP contribution < -0.4 is 16.0 Å². The fourth-order valence-electron chi connectivity index (χ4n) is 1.84. The average Bonchev–Trinajstić information content (AvgIpc) is 2.77. The normalized spacial score (nSPS) is 18.0. The maximum Gasteiger partial charge on any atom is 0.271 e. The first kappa shape index (κ1) is 13.6. The lowest BCUT2D eigenvalue weighted by atomic mass is 10.2. The van der Waals surface area contributed by atoms with E-state index in [2.05, 4.69) is 20.9 Å². The quantitative estimate of drug-likeness (QED) is 0.762. The highest BCUT2D eigenvalue weighted by Crippen LogP contribution is 2.17. The molecule has 1 aromatic rings. The summed E-state index contributed by atoms with van der Waals surface area (Å²) in [7, 11) is 0. The van der Waals surface area contributed by atoms with Crippen molar-refractivity contribution in [3.8, 4) is 0 Å². The van der Waals surface area contributed by atoms with E-state index in [1.54, 1.807) is 12.1 Å². The first-order chi connectivity index (χ1) is 9.10. The standard InChI is InChI=1S/C12H15ClN4O2/c1-2-14-9-4-3-8(13)11(17-9)12(19)16-7-5-10(18)15-6-7/h3-4,7H,2,5-6H2,1H3,(H,14,17)(H,15,18)(H,16,19). The van der Waals surface area contributed by atoms with E-state index >= 15 is 0 Å². The molecule has 2 rings (SSSR count). The minimum Gasteiger partial charge on any atom is -0.370 e. The van der Waals surface area contributed by atoms with Gasteiger partial charge >= 0.3 is 0 Å². The number of nitrogens with one attached hydrogen (secondary N) is 3. The second-order valence-electron chi connectivity index (χ2n) is 4.24. The van der Waals surface area contributed by atoms with Crippen molar-refractivity contribution < 1.29 is 9.59 Å². The molecule has 19 heavy (non-hydrogen) atoms. The molecular weight excluding hydrogens is 268 g/mol. The number of pyridine rings is 1. The largest absolute Gasteiger partial charge is 0.370 e. The van der Waals surface area contributed by atoms with Gasteiger partial charge in [0.05, 0.1) is 11.1 Å². The minimum atomic E-state index is -0.369. The molecule has 2 amide bonds. The van der Waals surface area contributed by atoms with E-state index in [0.717, 1.165) is 0 Å². The minimum absolute atomic E-state index is 0.0641. The Bertz CT molecular complexity index is 507. The van der Waals surface area contributed by atoms with Gasteiger partial charge in [0.1, 0.15) is 11.5 Å². The third-order valence-electron chi connectivity index (χ3n) is 2.73. The lowest BCUT2D eigenvalue weighted by molar-refractivity contribution is -0.119. The van der Waals surface area contributed by atoms with Crippen LogP contribution in [0.2, 0.25) is 5.02 Å². The highest BCUT2D eigenvalue weighted by atomic mass is 35.5. The van der Waals surface area contributed by atoms with Crippen LogP contribution in [-0.4, -0.2) is 35.9 Å². The highest BCUT2D eigenvalue weighted by molar-refractivity contribution is 6.33. The number of carbonyl (C=O) groups is 2. The van der Waals surface area contributed by atoms with Gasteiger partial charge in [-0.05, 0) is 19.1 Å². The molecule has 3 N–H and O–H groups in total. The van der Waals surface area contributed by atoms with E-state index in [0.29, 0.717) is 18.9 Å². The molecule has 0 saturated carbocycles. The topological polar surface area (TPSA) is 83.1 Å². The van der Waals surface area contributed by atoms with Crippen molar-refractivity contribution in [3.63, 3.8) is 0 Å². The van der Waals surface area contributed by atoms with Crippen molar-refractivity contribution in [1.82, 2.24) is 15.6 Å². The molecule has 1 aliphatic rings. The molecule has 1 aromatic heterocycles. The third-order valence-corrected chi connectivity index (χ3v) is 3.04. The fourth-order valence-corrected chi connectivity index (χ4v) is 2.03. The van der Waals surface area contributed by atoms with Crippen LogP contribution in [0, 0.1) is 0 Å². The van der Waals surface area contributed by atoms with Crippen LogP contribution >= 0.6 is 11.6 Å². The van der Waals surface area contributed by atoms with Crippen LogP contribution in [-0.2, 0) is 4.79 Å². The second-order valence-corrected chi connectivity index (χ2v) is 4.64. The van der Waals surface area contributed by atoms with Gasteiger partial charge in [-0.2, -0.15) is 0 Å². The maximum absolute atomic E-state index is 12.1. The zero-order valence-electron chi connectivity index (χ0n) is 10.5. The molecule has 1 aliphatic heterocycles. The molecule has 0 bridgehead atoms. The third kappa shape index (κ3) is 3.35. The monoisotopic (exact) mass is 282 g/mol. The molecule has 0 radical (unpaired) electrons. The van der Waals surface area contributed by atoms with Crippen LogP contribution in [0.3, 0.4) is 0 Å². The van der Waals surface area contributed by atoms with Crippen LogP contribution in [0.25, 0.3) is 0 Å². The summed E-state index contributed by atoms with van der Waals surface area (Å²) in [6.45, 7) is 3.08. The van der Waals surface area contributed by atoms with Crippen LogP contribution in [0.4, 0.5) is 5.82 Å². The number of anilines is 1. The van der Waals surface area contributed by atoms with Crippen molar-refractivity contribution in [3.05, 3.63) is 22.8 Å². The molecule has 0 spiro atoms. The molecule has 1 atom stereocenters. The van der Waals surface area contributed by atoms with Crippen LogP contribution in [0.5, 0.6) is 0 Å². The Morgan fingerprint density at radius 2 is 2.37 bits per heavy atom. The molecule has 6 nitrogen and oxygen atoms in total. The number of aromatic nitrogens is 1. The second kappa shape index (κ2) is 5.88. The van der Waals surface area contributed by atoms with Gasteiger partial charge in [0.2, 0.25) is 5.91 Å². The molecule has 1 fully saturated rings. The number of rotatable bonds is 4. The predicted octanol–water partition coefficient (Wildman–Crippen LogP) is 0.785. The summed E-state index contributed by atoms with van der Waals surface area (Å²) in [6, 6.07) is 3.13. The molecular formula is C12H15ClN4O2. The number of halogens is 1. The summed E-state index contributed by atoms with van der Waals surface area (Å²) < 4.78 is 0. The van der Waals surface area contributed by atoms with Crippen molar-refractivity contribution in [2.45, 2.75) is 19.4 Å². The number of nitrogens with zero attached hydrogens (tertiary/aromatic N) is 1. The first-order valence-corrected chi connectivity index (χ1v) is 6.46. The van der Waals surface area contributed by atoms with Crippen molar-refractivity contribution >= 4 is 29.2 Å². The van der Waals surface area contributed by atoms with Crippen molar-refractivity contribution in [1.29, 1.82) is 0 Å². The average molecular weight is 283 g/mol. The highest BCUT2D eigenvalue weighted by Gasteiger charge is 2.24. The summed E-state index contributed by atoms with van der Waals surface area (Å²) in [4.78, 5) is 27.3. The van der Waals surface area contributed by atoms with Crippen molar-refractivity contribution in [2.75, 3.05) is 18.4 Å². The van der Waals surface area contributed by atoms with Crippen LogP contribution in [0.1, 0.15) is 23.8 Å². The number of hydrogen-bond donors (Lipinski definition) is 3. The Labute approximate surface area is 115 Å². The summed E-state index contributed by atoms with van der Waals surface area (Å²) in [6.07, 6.45) is 0.288.